The highest BCUT2D eigenvalue weighted by Crippen LogP contribution is 2.40. The first-order valence-corrected chi connectivity index (χ1v) is 6.18. The Bertz CT molecular complexity index is 584. The molecule has 0 fully saturated rings. The first-order valence-electron chi connectivity index (χ1n) is 6.18. The van der Waals surface area contributed by atoms with Crippen molar-refractivity contribution >= 4 is 11.5 Å². The zero-order valence-electron chi connectivity index (χ0n) is 11.0. The number of hydrogen-bond donors (Lipinski definition) is 0. The van der Waals surface area contributed by atoms with Crippen molar-refractivity contribution in [3.63, 3.8) is 0 Å². The average Bonchev–Trinajstić information content (AvgIpc) is 2.89. The van der Waals surface area contributed by atoms with Crippen molar-refractivity contribution in [2.45, 2.75) is 6.42 Å². The van der Waals surface area contributed by atoms with Gasteiger partial charge in [0.1, 0.15) is 5.82 Å². The van der Waals surface area contributed by atoms with Crippen molar-refractivity contribution in [3.05, 3.63) is 42.1 Å². The van der Waals surface area contributed by atoms with E-state index in [2.05, 4.69) is 16.0 Å². The van der Waals surface area contributed by atoms with Gasteiger partial charge in [-0.05, 0) is 30.2 Å². The summed E-state index contributed by atoms with van der Waals surface area (Å²) < 4.78 is 10.7. The van der Waals surface area contributed by atoms with E-state index in [-0.39, 0.29) is 0 Å². The first-order chi connectivity index (χ1) is 9.33. The molecule has 0 saturated heterocycles. The number of benzene rings is 1. The lowest BCUT2D eigenvalue weighted by Crippen LogP contribution is -2.14. The predicted molar refractivity (Wildman–Crippen MR) is 73.3 cm³/mol. The molecule has 0 unspecified atom stereocenters. The monoisotopic (exact) mass is 255 g/mol. The molecule has 19 heavy (non-hydrogen) atoms. The molecule has 3 rings (SSSR count). The van der Waals surface area contributed by atoms with Crippen LogP contribution in [0.25, 0.3) is 0 Å². The normalized spacial score (nSPS) is 13.3. The van der Waals surface area contributed by atoms with Crippen LogP contribution < -0.4 is 14.4 Å². The molecule has 1 aromatic heterocycles. The van der Waals surface area contributed by atoms with Gasteiger partial charge in [-0.25, -0.2) is 4.98 Å². The summed E-state index contributed by atoms with van der Waals surface area (Å²) in [6, 6.07) is 10.8. The van der Waals surface area contributed by atoms with Crippen molar-refractivity contribution < 1.29 is 9.47 Å². The van der Waals surface area contributed by atoms with Gasteiger partial charge >= 0.3 is 0 Å². The molecule has 2 aromatic rings. The van der Waals surface area contributed by atoms with Crippen molar-refractivity contribution in [1.82, 2.24) is 4.98 Å². The maximum absolute atomic E-state index is 5.37. The third-order valence-corrected chi connectivity index (χ3v) is 3.36. The summed E-state index contributed by atoms with van der Waals surface area (Å²) in [5.74, 6) is 2.46. The molecule has 1 aliphatic heterocycles. The lowest BCUT2D eigenvalue weighted by atomic mass is 10.1. The highest BCUT2D eigenvalue weighted by Gasteiger charge is 2.23. The Morgan fingerprint density at radius 2 is 2.00 bits per heavy atom. The molecule has 0 bridgehead atoms. The minimum atomic E-state index is 0.746. The Morgan fingerprint density at radius 3 is 2.68 bits per heavy atom. The van der Waals surface area contributed by atoms with Crippen molar-refractivity contribution in [2.75, 3.05) is 25.7 Å². The van der Waals surface area contributed by atoms with E-state index >= 15 is 0 Å². The van der Waals surface area contributed by atoms with Crippen LogP contribution in [-0.4, -0.2) is 25.7 Å². The summed E-state index contributed by atoms with van der Waals surface area (Å²) in [5.41, 5.74) is 2.39. The van der Waals surface area contributed by atoms with Crippen molar-refractivity contribution in [1.29, 1.82) is 0 Å². The van der Waals surface area contributed by atoms with Gasteiger partial charge in [-0.3, -0.25) is 0 Å². The number of rotatable bonds is 3. The third-order valence-electron chi connectivity index (χ3n) is 3.36. The molecular formula is C15H15N2O2. The van der Waals surface area contributed by atoms with Crippen LogP contribution in [0.1, 0.15) is 5.56 Å². The summed E-state index contributed by atoms with van der Waals surface area (Å²) in [7, 11) is 3.31. The topological polar surface area (TPSA) is 34.6 Å². The lowest BCUT2D eigenvalue weighted by Gasteiger charge is -2.19. The first kappa shape index (κ1) is 11.8. The quantitative estimate of drug-likeness (QED) is 0.844. The van der Waals surface area contributed by atoms with E-state index in [1.807, 2.05) is 24.3 Å². The van der Waals surface area contributed by atoms with Crippen LogP contribution in [0.3, 0.4) is 0 Å². The van der Waals surface area contributed by atoms with Gasteiger partial charge < -0.3 is 14.4 Å². The lowest BCUT2D eigenvalue weighted by molar-refractivity contribution is 0.355. The van der Waals surface area contributed by atoms with E-state index in [0.717, 1.165) is 36.0 Å². The molecule has 0 N–H and O–H groups in total. The van der Waals surface area contributed by atoms with Crippen molar-refractivity contribution in [3.8, 4) is 11.5 Å². The standard InChI is InChI=1S/C15H15N2O2/c1-18-13-9-11-6-8-17(12(11)10-14(13)19-2)15-5-3-4-7-16-15/h3,5,7,9-10H,6,8H2,1-2H3. The Labute approximate surface area is 112 Å². The number of pyridine rings is 1. The third kappa shape index (κ3) is 1.99. The Kier molecular flexibility index (Phi) is 2.99. The predicted octanol–water partition coefficient (Wildman–Crippen LogP) is 2.59. The molecule has 0 spiro atoms. The molecule has 0 atom stereocenters. The van der Waals surface area contributed by atoms with Gasteiger partial charge in [0.2, 0.25) is 0 Å². The summed E-state index contributed by atoms with van der Waals surface area (Å²) in [6.45, 7) is 0.919. The number of methoxy groups -OCH3 is 2. The zero-order valence-corrected chi connectivity index (χ0v) is 11.0. The van der Waals surface area contributed by atoms with Crippen LogP contribution in [0.5, 0.6) is 11.5 Å². The van der Waals surface area contributed by atoms with Gasteiger partial charge in [-0.1, -0.05) is 0 Å². The van der Waals surface area contributed by atoms with Crippen LogP contribution in [-0.2, 0) is 6.42 Å². The largest absolute Gasteiger partial charge is 0.493 e. The van der Waals surface area contributed by atoms with Gasteiger partial charge in [0, 0.05) is 30.6 Å². The number of hydrogen-bond acceptors (Lipinski definition) is 4. The number of anilines is 2. The number of fused-ring (bicyclic) bond motifs is 1. The van der Waals surface area contributed by atoms with Crippen LogP contribution in [0.15, 0.2) is 30.5 Å². The molecule has 1 aromatic carbocycles. The second-order valence-electron chi connectivity index (χ2n) is 4.35. The van der Waals surface area contributed by atoms with E-state index in [1.54, 1.807) is 20.4 Å². The van der Waals surface area contributed by atoms with E-state index < -0.39 is 0 Å². The second-order valence-corrected chi connectivity index (χ2v) is 4.35. The fourth-order valence-corrected chi connectivity index (χ4v) is 2.42. The van der Waals surface area contributed by atoms with Gasteiger partial charge in [-0.2, -0.15) is 0 Å². The molecular weight excluding hydrogens is 240 g/mol. The van der Waals surface area contributed by atoms with Crippen LogP contribution in [0.4, 0.5) is 11.5 Å². The highest BCUT2D eigenvalue weighted by molar-refractivity contribution is 5.71. The number of nitrogens with zero attached hydrogens (tertiary/aromatic N) is 2. The fourth-order valence-electron chi connectivity index (χ4n) is 2.42. The molecule has 4 nitrogen and oxygen atoms in total. The maximum atomic E-state index is 5.37. The molecule has 4 heteroatoms. The summed E-state index contributed by atoms with van der Waals surface area (Å²) in [5, 5.41) is 0. The van der Waals surface area contributed by atoms with E-state index in [0.29, 0.717) is 0 Å². The zero-order chi connectivity index (χ0) is 13.2. The summed E-state index contributed by atoms with van der Waals surface area (Å²) >= 11 is 0. The van der Waals surface area contributed by atoms with Crippen LogP contribution in [0.2, 0.25) is 0 Å². The van der Waals surface area contributed by atoms with Crippen LogP contribution in [0, 0.1) is 6.07 Å². The minimum Gasteiger partial charge on any atom is -0.493 e. The number of aromatic nitrogens is 1. The van der Waals surface area contributed by atoms with E-state index in [1.165, 1.54) is 5.56 Å². The molecule has 0 amide bonds. The highest BCUT2D eigenvalue weighted by atomic mass is 16.5. The van der Waals surface area contributed by atoms with Gasteiger partial charge in [-0.15, -0.1) is 0 Å². The summed E-state index contributed by atoms with van der Waals surface area (Å²) in [4.78, 5) is 6.54. The maximum Gasteiger partial charge on any atom is 0.162 e. The minimum absolute atomic E-state index is 0.746. The van der Waals surface area contributed by atoms with Gasteiger partial charge in [0.25, 0.3) is 0 Å². The second kappa shape index (κ2) is 4.80. The van der Waals surface area contributed by atoms with Gasteiger partial charge in [0.05, 0.1) is 14.2 Å². The fraction of sp³-hybridized carbons (Fsp3) is 0.267. The molecule has 1 aliphatic rings. The SMILES string of the molecule is COc1cc2c(cc1OC)N(c1cc[c]cn1)CC2. The van der Waals surface area contributed by atoms with Crippen LogP contribution >= 0.6 is 0 Å². The molecule has 1 radical (unpaired) electrons. The smallest absolute Gasteiger partial charge is 0.162 e. The van der Waals surface area contributed by atoms with E-state index in [9.17, 15) is 0 Å². The van der Waals surface area contributed by atoms with Crippen molar-refractivity contribution in [2.24, 2.45) is 0 Å². The molecule has 0 aliphatic carbocycles. The number of ether oxygens (including phenoxy) is 2. The van der Waals surface area contributed by atoms with E-state index in [4.69, 9.17) is 9.47 Å². The Balaban J connectivity index is 2.05. The summed E-state index contributed by atoms with van der Waals surface area (Å²) in [6.07, 6.45) is 2.67. The molecule has 97 valence electrons. The molecule has 0 saturated carbocycles. The Hall–Kier alpha value is -2.23. The Morgan fingerprint density at radius 1 is 1.21 bits per heavy atom. The molecule has 2 heterocycles. The average molecular weight is 255 g/mol. The van der Waals surface area contributed by atoms with Gasteiger partial charge in [0.15, 0.2) is 11.5 Å².